The van der Waals surface area contributed by atoms with Crippen LogP contribution in [0, 0.1) is 0 Å². The Morgan fingerprint density at radius 2 is 2.00 bits per heavy atom. The third-order valence-electron chi connectivity index (χ3n) is 1.65. The highest BCUT2D eigenvalue weighted by Crippen LogP contribution is 1.99. The van der Waals surface area contributed by atoms with Crippen molar-refractivity contribution in [2.45, 2.75) is 0 Å². The molecule has 1 aromatic rings. The topological polar surface area (TPSA) is 49.3 Å². The van der Waals surface area contributed by atoms with Gasteiger partial charge in [-0.25, -0.2) is 0 Å². The standard InChI is InChI=1S/C11H13NO2.ClH/c13-11(14)9-12-8-4-7-10-5-2-1-3-6-10;/h1-7,12H,8-9H2,(H,13,14);1H. The number of aliphatic carboxylic acids is 1. The average Bonchev–Trinajstić information content (AvgIpc) is 2.18. The van der Waals surface area contributed by atoms with E-state index in [1.807, 2.05) is 42.5 Å². The number of rotatable bonds is 5. The SMILES string of the molecule is Cl.O=C(O)CNCC=Cc1ccccc1. The minimum atomic E-state index is -0.835. The Bertz CT molecular complexity index is 312. The number of carbonyl (C=O) groups is 1. The minimum absolute atomic E-state index is 0. The minimum Gasteiger partial charge on any atom is -0.480 e. The largest absolute Gasteiger partial charge is 0.480 e. The van der Waals surface area contributed by atoms with E-state index >= 15 is 0 Å². The summed E-state index contributed by atoms with van der Waals surface area (Å²) >= 11 is 0. The molecular weight excluding hydrogens is 214 g/mol. The fourth-order valence-electron chi connectivity index (χ4n) is 1.02. The van der Waals surface area contributed by atoms with E-state index in [9.17, 15) is 4.79 Å². The van der Waals surface area contributed by atoms with Crippen LogP contribution in [0.1, 0.15) is 5.56 Å². The van der Waals surface area contributed by atoms with Crippen LogP contribution in [-0.2, 0) is 4.79 Å². The summed E-state index contributed by atoms with van der Waals surface area (Å²) in [7, 11) is 0. The smallest absolute Gasteiger partial charge is 0.317 e. The Labute approximate surface area is 95.2 Å². The maximum atomic E-state index is 10.1. The molecule has 1 aromatic carbocycles. The Hall–Kier alpha value is -1.32. The molecule has 82 valence electrons. The van der Waals surface area contributed by atoms with Crippen molar-refractivity contribution in [3.05, 3.63) is 42.0 Å². The first-order valence-corrected chi connectivity index (χ1v) is 4.43. The Morgan fingerprint density at radius 1 is 1.33 bits per heavy atom. The quantitative estimate of drug-likeness (QED) is 0.755. The van der Waals surface area contributed by atoms with Gasteiger partial charge in [0.2, 0.25) is 0 Å². The summed E-state index contributed by atoms with van der Waals surface area (Å²) in [6, 6.07) is 9.87. The summed E-state index contributed by atoms with van der Waals surface area (Å²) < 4.78 is 0. The summed E-state index contributed by atoms with van der Waals surface area (Å²) in [5, 5.41) is 11.1. The molecule has 0 aliphatic heterocycles. The zero-order valence-corrected chi connectivity index (χ0v) is 9.04. The zero-order valence-electron chi connectivity index (χ0n) is 8.22. The van der Waals surface area contributed by atoms with Crippen molar-refractivity contribution in [2.24, 2.45) is 0 Å². The molecule has 0 atom stereocenters. The molecule has 0 spiro atoms. The van der Waals surface area contributed by atoms with Gasteiger partial charge in [-0.3, -0.25) is 4.79 Å². The lowest BCUT2D eigenvalue weighted by Crippen LogP contribution is -2.22. The van der Waals surface area contributed by atoms with Gasteiger partial charge in [0.25, 0.3) is 0 Å². The van der Waals surface area contributed by atoms with Crippen molar-refractivity contribution in [3.8, 4) is 0 Å². The van der Waals surface area contributed by atoms with Gasteiger partial charge in [0.15, 0.2) is 0 Å². The van der Waals surface area contributed by atoms with Crippen LogP contribution in [0.5, 0.6) is 0 Å². The second-order valence-corrected chi connectivity index (χ2v) is 2.84. The molecule has 4 heteroatoms. The predicted molar refractivity (Wildman–Crippen MR) is 63.2 cm³/mol. The second-order valence-electron chi connectivity index (χ2n) is 2.84. The third kappa shape index (κ3) is 6.71. The van der Waals surface area contributed by atoms with Gasteiger partial charge in [-0.2, -0.15) is 0 Å². The molecule has 0 unspecified atom stereocenters. The lowest BCUT2D eigenvalue weighted by atomic mass is 10.2. The number of hydrogen-bond donors (Lipinski definition) is 2. The van der Waals surface area contributed by atoms with Crippen LogP contribution in [-0.4, -0.2) is 24.2 Å². The van der Waals surface area contributed by atoms with Gasteiger partial charge < -0.3 is 10.4 Å². The second kappa shape index (κ2) is 8.03. The van der Waals surface area contributed by atoms with E-state index in [0.717, 1.165) is 5.56 Å². The van der Waals surface area contributed by atoms with Crippen LogP contribution in [0.3, 0.4) is 0 Å². The normalized spacial score (nSPS) is 9.87. The first-order valence-electron chi connectivity index (χ1n) is 4.43. The van der Waals surface area contributed by atoms with Crippen molar-refractivity contribution in [1.82, 2.24) is 5.32 Å². The van der Waals surface area contributed by atoms with Gasteiger partial charge in [0.05, 0.1) is 6.54 Å². The van der Waals surface area contributed by atoms with Gasteiger partial charge in [-0.15, -0.1) is 12.4 Å². The summed E-state index contributed by atoms with van der Waals surface area (Å²) in [6.07, 6.45) is 3.85. The molecule has 0 fully saturated rings. The van der Waals surface area contributed by atoms with Crippen molar-refractivity contribution in [1.29, 1.82) is 0 Å². The van der Waals surface area contributed by atoms with Gasteiger partial charge in [-0.05, 0) is 5.56 Å². The van der Waals surface area contributed by atoms with Crippen molar-refractivity contribution < 1.29 is 9.90 Å². The molecule has 0 radical (unpaired) electrons. The predicted octanol–water partition coefficient (Wildman–Crippen LogP) is 1.80. The Morgan fingerprint density at radius 3 is 2.60 bits per heavy atom. The van der Waals surface area contributed by atoms with E-state index in [-0.39, 0.29) is 19.0 Å². The van der Waals surface area contributed by atoms with E-state index in [1.54, 1.807) is 0 Å². The van der Waals surface area contributed by atoms with E-state index in [2.05, 4.69) is 5.32 Å². The van der Waals surface area contributed by atoms with Crippen molar-refractivity contribution in [2.75, 3.05) is 13.1 Å². The van der Waals surface area contributed by atoms with Crippen LogP contribution in [0.25, 0.3) is 6.08 Å². The Kier molecular flexibility index (Phi) is 7.32. The highest BCUT2D eigenvalue weighted by atomic mass is 35.5. The molecule has 15 heavy (non-hydrogen) atoms. The molecular formula is C11H14ClNO2. The molecule has 0 amide bonds. The van der Waals surface area contributed by atoms with Gasteiger partial charge in [-0.1, -0.05) is 42.5 Å². The molecule has 0 aliphatic rings. The van der Waals surface area contributed by atoms with Crippen molar-refractivity contribution >= 4 is 24.5 Å². The van der Waals surface area contributed by atoms with Gasteiger partial charge >= 0.3 is 5.97 Å². The molecule has 0 aliphatic carbocycles. The fraction of sp³-hybridized carbons (Fsp3) is 0.182. The van der Waals surface area contributed by atoms with Crippen LogP contribution < -0.4 is 5.32 Å². The lowest BCUT2D eigenvalue weighted by molar-refractivity contribution is -0.135. The van der Waals surface area contributed by atoms with Crippen LogP contribution in [0.2, 0.25) is 0 Å². The zero-order chi connectivity index (χ0) is 10.2. The number of nitrogens with one attached hydrogen (secondary N) is 1. The molecule has 2 N–H and O–H groups in total. The maximum Gasteiger partial charge on any atom is 0.317 e. The number of benzene rings is 1. The third-order valence-corrected chi connectivity index (χ3v) is 1.65. The van der Waals surface area contributed by atoms with Gasteiger partial charge in [0, 0.05) is 6.54 Å². The number of halogens is 1. The molecule has 0 bridgehead atoms. The summed E-state index contributed by atoms with van der Waals surface area (Å²) in [5.74, 6) is -0.835. The van der Waals surface area contributed by atoms with Crippen LogP contribution >= 0.6 is 12.4 Å². The van der Waals surface area contributed by atoms with Crippen LogP contribution in [0.4, 0.5) is 0 Å². The highest BCUT2D eigenvalue weighted by Gasteiger charge is 1.91. The summed E-state index contributed by atoms with van der Waals surface area (Å²) in [4.78, 5) is 10.1. The number of carboxylic acids is 1. The molecule has 0 heterocycles. The molecule has 0 aromatic heterocycles. The molecule has 1 rings (SSSR count). The first kappa shape index (κ1) is 13.7. The van der Waals surface area contributed by atoms with Gasteiger partial charge in [0.1, 0.15) is 0 Å². The van der Waals surface area contributed by atoms with Crippen LogP contribution in [0.15, 0.2) is 36.4 Å². The fourth-order valence-corrected chi connectivity index (χ4v) is 1.02. The first-order chi connectivity index (χ1) is 6.79. The highest BCUT2D eigenvalue weighted by molar-refractivity contribution is 5.85. The summed E-state index contributed by atoms with van der Waals surface area (Å²) in [5.41, 5.74) is 1.12. The molecule has 0 saturated carbocycles. The van der Waals surface area contributed by atoms with E-state index in [1.165, 1.54) is 0 Å². The van der Waals surface area contributed by atoms with E-state index in [0.29, 0.717) is 6.54 Å². The summed E-state index contributed by atoms with van der Waals surface area (Å²) in [6.45, 7) is 0.570. The number of hydrogen-bond acceptors (Lipinski definition) is 2. The number of carboxylic acid groups (broad SMARTS) is 1. The maximum absolute atomic E-state index is 10.1. The molecule has 0 saturated heterocycles. The lowest BCUT2D eigenvalue weighted by Gasteiger charge is -1.95. The van der Waals surface area contributed by atoms with E-state index < -0.39 is 5.97 Å². The van der Waals surface area contributed by atoms with E-state index in [4.69, 9.17) is 5.11 Å². The Balaban J connectivity index is 0.00000196. The average molecular weight is 228 g/mol. The monoisotopic (exact) mass is 227 g/mol. The van der Waals surface area contributed by atoms with Crippen molar-refractivity contribution in [3.63, 3.8) is 0 Å². The molecule has 3 nitrogen and oxygen atoms in total.